The summed E-state index contributed by atoms with van der Waals surface area (Å²) in [6.07, 6.45) is -4.56. The molecule has 1 aliphatic heterocycles. The number of tetrazole rings is 1. The molecule has 1 saturated heterocycles. The summed E-state index contributed by atoms with van der Waals surface area (Å²) in [4.78, 5) is 35.8. The molecule has 0 aromatic carbocycles. The number of carboxylic acid groups (broad SMARTS) is 2. The third-order valence-corrected chi connectivity index (χ3v) is 7.05. The minimum Gasteiger partial charge on any atom is -0.479 e. The van der Waals surface area contributed by atoms with Gasteiger partial charge in [0.2, 0.25) is 10.9 Å². The normalized spacial score (nSPS) is 23.0. The number of H-pyrrole nitrogens is 1. The SMILES string of the molecule is Nc1nc(Cl)nc2c1ncn2[C@@H]1O[C@H](COC(Cc2csc(C(=O)O)c2)(C(=O)O)c2nnn[nH]2)[C@@H](O)[C@H]1O. The fraction of sp³-hybridized carbons (Fsp3) is 0.368. The van der Waals surface area contributed by atoms with Crippen molar-refractivity contribution in [3.63, 3.8) is 0 Å². The fourth-order valence-corrected chi connectivity index (χ4v) is 4.98. The van der Waals surface area contributed by atoms with Crippen LogP contribution >= 0.6 is 22.9 Å². The lowest BCUT2D eigenvalue weighted by Gasteiger charge is -2.28. The number of fused-ring (bicyclic) bond motifs is 1. The molecule has 200 valence electrons. The van der Waals surface area contributed by atoms with Gasteiger partial charge in [0.1, 0.15) is 28.7 Å². The molecule has 0 radical (unpaired) electrons. The van der Waals surface area contributed by atoms with Crippen LogP contribution in [0.2, 0.25) is 5.28 Å². The molecule has 4 aromatic rings. The second kappa shape index (κ2) is 9.82. The van der Waals surface area contributed by atoms with Crippen molar-refractivity contribution < 1.29 is 39.5 Å². The Morgan fingerprint density at radius 3 is 2.74 bits per heavy atom. The molecule has 4 aromatic heterocycles. The Kier molecular flexibility index (Phi) is 6.67. The zero-order chi connectivity index (χ0) is 27.2. The Hall–Kier alpha value is -3.81. The van der Waals surface area contributed by atoms with Crippen molar-refractivity contribution in [1.29, 1.82) is 0 Å². The molecule has 38 heavy (non-hydrogen) atoms. The molecule has 1 fully saturated rings. The Morgan fingerprint density at radius 2 is 2.08 bits per heavy atom. The van der Waals surface area contributed by atoms with E-state index in [1.807, 2.05) is 0 Å². The number of ether oxygens (including phenoxy) is 2. The molecule has 0 amide bonds. The van der Waals surface area contributed by atoms with E-state index in [1.165, 1.54) is 22.3 Å². The highest BCUT2D eigenvalue weighted by molar-refractivity contribution is 7.12. The number of carboxylic acids is 2. The number of aromatic carboxylic acids is 1. The lowest BCUT2D eigenvalue weighted by molar-refractivity contribution is -0.177. The van der Waals surface area contributed by atoms with Gasteiger partial charge in [-0.05, 0) is 39.0 Å². The van der Waals surface area contributed by atoms with E-state index in [2.05, 4.69) is 35.6 Å². The molecule has 7 N–H and O–H groups in total. The summed E-state index contributed by atoms with van der Waals surface area (Å²) in [7, 11) is 0. The number of aromatic nitrogens is 8. The number of nitrogen functional groups attached to an aromatic ring is 1. The Balaban J connectivity index is 1.41. The first-order chi connectivity index (χ1) is 18.1. The predicted molar refractivity (Wildman–Crippen MR) is 125 cm³/mol. The summed E-state index contributed by atoms with van der Waals surface area (Å²) in [5.74, 6) is -2.95. The van der Waals surface area contributed by atoms with E-state index in [9.17, 15) is 30.0 Å². The Labute approximate surface area is 219 Å². The standard InChI is InChI=1S/C19H18ClN9O8S/c20-18-23-12(21)9-13(24-18)29(5-22-9)14-11(31)10(30)7(37-14)3-36-19(17(34)35,16-25-27-28-26-16)2-6-1-8(15(32)33)38-4-6/h1,4-5,7,10-11,14,30-31H,2-3H2,(H,32,33)(H,34,35)(H2,21,23,24)(H,25,26,27,28)/t7-,10-,11-,14-,19?/m1/s1. The topological polar surface area (TPSA) is 258 Å². The van der Waals surface area contributed by atoms with Crippen LogP contribution in [0.25, 0.3) is 11.2 Å². The third kappa shape index (κ3) is 4.42. The van der Waals surface area contributed by atoms with Crippen molar-refractivity contribution >= 4 is 51.9 Å². The van der Waals surface area contributed by atoms with Crippen molar-refractivity contribution in [2.24, 2.45) is 0 Å². The quantitative estimate of drug-likeness (QED) is 0.135. The number of carbonyl (C=O) groups is 2. The molecule has 19 heteroatoms. The van der Waals surface area contributed by atoms with Gasteiger partial charge < -0.3 is 35.6 Å². The molecule has 17 nitrogen and oxygen atoms in total. The van der Waals surface area contributed by atoms with Crippen LogP contribution in [0.15, 0.2) is 17.8 Å². The number of aromatic amines is 1. The van der Waals surface area contributed by atoms with E-state index in [-0.39, 0.29) is 39.4 Å². The van der Waals surface area contributed by atoms with E-state index < -0.39 is 48.7 Å². The van der Waals surface area contributed by atoms with Gasteiger partial charge in [0, 0.05) is 6.42 Å². The summed E-state index contributed by atoms with van der Waals surface area (Å²) in [5.41, 5.74) is 4.26. The van der Waals surface area contributed by atoms with E-state index in [0.717, 1.165) is 11.3 Å². The molecule has 0 bridgehead atoms. The van der Waals surface area contributed by atoms with Crippen molar-refractivity contribution in [2.45, 2.75) is 36.6 Å². The number of rotatable bonds is 9. The summed E-state index contributed by atoms with van der Waals surface area (Å²) >= 11 is 6.80. The first kappa shape index (κ1) is 25.8. The average Bonchev–Trinajstić information content (AvgIpc) is 3.66. The molecule has 0 saturated carbocycles. The first-order valence-electron chi connectivity index (χ1n) is 10.7. The molecular weight excluding hydrogens is 550 g/mol. The van der Waals surface area contributed by atoms with E-state index in [0.29, 0.717) is 5.56 Å². The zero-order valence-electron chi connectivity index (χ0n) is 18.9. The van der Waals surface area contributed by atoms with Crippen molar-refractivity contribution in [3.8, 4) is 0 Å². The number of aliphatic hydroxyl groups is 2. The molecule has 5 heterocycles. The van der Waals surface area contributed by atoms with Gasteiger partial charge >= 0.3 is 11.9 Å². The van der Waals surface area contributed by atoms with Crippen LogP contribution in [0.5, 0.6) is 0 Å². The van der Waals surface area contributed by atoms with Crippen LogP contribution in [0, 0.1) is 0 Å². The number of thiophene rings is 1. The Bertz CT molecular complexity index is 1500. The van der Waals surface area contributed by atoms with Crippen LogP contribution in [-0.4, -0.2) is 97.4 Å². The monoisotopic (exact) mass is 567 g/mol. The maximum atomic E-state index is 12.5. The minimum absolute atomic E-state index is 0.00179. The van der Waals surface area contributed by atoms with Gasteiger partial charge in [0.25, 0.3) is 0 Å². The van der Waals surface area contributed by atoms with Crippen LogP contribution in [0.3, 0.4) is 0 Å². The molecule has 5 rings (SSSR count). The number of nitrogens with two attached hydrogens (primary N) is 1. The average molecular weight is 568 g/mol. The van der Waals surface area contributed by atoms with Gasteiger partial charge in [0.15, 0.2) is 23.5 Å². The number of nitrogens with one attached hydrogen (secondary N) is 1. The second-order valence-electron chi connectivity index (χ2n) is 8.24. The lowest BCUT2D eigenvalue weighted by atomic mass is 9.94. The van der Waals surface area contributed by atoms with Gasteiger partial charge in [-0.1, -0.05) is 0 Å². The van der Waals surface area contributed by atoms with Crippen LogP contribution < -0.4 is 5.73 Å². The van der Waals surface area contributed by atoms with E-state index in [4.69, 9.17) is 26.8 Å². The van der Waals surface area contributed by atoms with Gasteiger partial charge in [-0.25, -0.2) is 19.7 Å². The molecular formula is C19H18ClN9O8S. The summed E-state index contributed by atoms with van der Waals surface area (Å²) < 4.78 is 12.9. The smallest absolute Gasteiger partial charge is 0.345 e. The van der Waals surface area contributed by atoms with E-state index >= 15 is 0 Å². The third-order valence-electron chi connectivity index (χ3n) is 5.92. The lowest BCUT2D eigenvalue weighted by Crippen LogP contribution is -2.45. The number of hydrogen-bond donors (Lipinski definition) is 6. The predicted octanol–water partition coefficient (Wildman–Crippen LogP) is -0.807. The number of imidazole rings is 1. The first-order valence-corrected chi connectivity index (χ1v) is 12.0. The highest BCUT2D eigenvalue weighted by atomic mass is 35.5. The number of aliphatic hydroxyl groups excluding tert-OH is 2. The second-order valence-corrected chi connectivity index (χ2v) is 9.49. The maximum absolute atomic E-state index is 12.5. The summed E-state index contributed by atoms with van der Waals surface area (Å²) in [5, 5.41) is 55.0. The van der Waals surface area contributed by atoms with Crippen molar-refractivity contribution in [2.75, 3.05) is 12.3 Å². The molecule has 5 atom stereocenters. The molecule has 0 aliphatic carbocycles. The van der Waals surface area contributed by atoms with Crippen molar-refractivity contribution in [1.82, 2.24) is 40.1 Å². The summed E-state index contributed by atoms with van der Waals surface area (Å²) in [6, 6.07) is 1.31. The van der Waals surface area contributed by atoms with E-state index in [1.54, 1.807) is 0 Å². The molecule has 1 aliphatic rings. The number of aliphatic carboxylic acids is 1. The number of anilines is 1. The van der Waals surface area contributed by atoms with Gasteiger partial charge in [-0.2, -0.15) is 9.97 Å². The maximum Gasteiger partial charge on any atom is 0.345 e. The largest absolute Gasteiger partial charge is 0.479 e. The summed E-state index contributed by atoms with van der Waals surface area (Å²) in [6.45, 7) is -0.540. The highest BCUT2D eigenvalue weighted by Crippen LogP contribution is 2.35. The molecule has 1 unspecified atom stereocenters. The zero-order valence-corrected chi connectivity index (χ0v) is 20.4. The highest BCUT2D eigenvalue weighted by Gasteiger charge is 2.50. The van der Waals surface area contributed by atoms with Gasteiger partial charge in [0.05, 0.1) is 12.9 Å². The Morgan fingerprint density at radius 1 is 1.29 bits per heavy atom. The van der Waals surface area contributed by atoms with Crippen LogP contribution in [-0.2, 0) is 26.3 Å². The fourth-order valence-electron chi connectivity index (χ4n) is 4.06. The number of hydrogen-bond acceptors (Lipinski definition) is 14. The van der Waals surface area contributed by atoms with Gasteiger partial charge in [-0.15, -0.1) is 16.4 Å². The van der Waals surface area contributed by atoms with Crippen LogP contribution in [0.1, 0.15) is 27.3 Å². The minimum atomic E-state index is -2.22. The number of nitrogens with zero attached hydrogens (tertiary/aromatic N) is 7. The van der Waals surface area contributed by atoms with Crippen LogP contribution in [0.4, 0.5) is 5.82 Å². The van der Waals surface area contributed by atoms with Gasteiger partial charge in [-0.3, -0.25) is 4.57 Å². The number of halogens is 1. The van der Waals surface area contributed by atoms with Crippen molar-refractivity contribution in [3.05, 3.63) is 39.3 Å². The molecule has 0 spiro atoms.